The SMILES string of the molecule is CN(c1cc(Nc2cccc(N/N=C\C=N)c2)c(C#N)cn1)[C@@H]1CCCC[C@@H]1CNC(=O)OC(C)(C)C. The number of anilines is 4. The van der Waals surface area contributed by atoms with Gasteiger partial charge in [0.1, 0.15) is 17.5 Å². The van der Waals surface area contributed by atoms with Gasteiger partial charge in [-0.05, 0) is 57.7 Å². The van der Waals surface area contributed by atoms with E-state index < -0.39 is 11.7 Å². The molecule has 37 heavy (non-hydrogen) atoms. The van der Waals surface area contributed by atoms with Gasteiger partial charge in [-0.1, -0.05) is 18.9 Å². The van der Waals surface area contributed by atoms with Gasteiger partial charge < -0.3 is 25.7 Å². The second-order valence-electron chi connectivity index (χ2n) is 10.1. The van der Waals surface area contributed by atoms with E-state index in [9.17, 15) is 10.1 Å². The maximum absolute atomic E-state index is 12.2. The number of ether oxygens (including phenoxy) is 1. The molecule has 10 heteroatoms. The third-order valence-corrected chi connectivity index (χ3v) is 6.13. The zero-order valence-electron chi connectivity index (χ0n) is 21.9. The molecule has 1 amide bonds. The Morgan fingerprint density at radius 1 is 1.30 bits per heavy atom. The quantitative estimate of drug-likeness (QED) is 0.270. The Kier molecular flexibility index (Phi) is 9.44. The number of hydrogen-bond donors (Lipinski definition) is 4. The van der Waals surface area contributed by atoms with Crippen molar-refractivity contribution in [3.63, 3.8) is 0 Å². The van der Waals surface area contributed by atoms with E-state index in [0.717, 1.165) is 49.1 Å². The highest BCUT2D eigenvalue weighted by Gasteiger charge is 2.30. The third kappa shape index (κ3) is 8.20. The van der Waals surface area contributed by atoms with Crippen LogP contribution in [0.1, 0.15) is 52.0 Å². The van der Waals surface area contributed by atoms with E-state index in [1.807, 2.05) is 58.2 Å². The topological polar surface area (TPSA) is 139 Å². The van der Waals surface area contributed by atoms with Crippen LogP contribution < -0.4 is 21.0 Å². The van der Waals surface area contributed by atoms with E-state index in [4.69, 9.17) is 10.1 Å². The normalized spacial score (nSPS) is 17.5. The first-order chi connectivity index (χ1) is 17.7. The first-order valence-corrected chi connectivity index (χ1v) is 12.4. The van der Waals surface area contributed by atoms with Crippen molar-refractivity contribution in [2.75, 3.05) is 29.2 Å². The molecule has 1 aliphatic carbocycles. The molecule has 1 aliphatic rings. The smallest absolute Gasteiger partial charge is 0.407 e. The van der Waals surface area contributed by atoms with E-state index in [1.165, 1.54) is 6.21 Å². The Morgan fingerprint density at radius 2 is 2.05 bits per heavy atom. The van der Waals surface area contributed by atoms with Gasteiger partial charge in [0.25, 0.3) is 0 Å². The van der Waals surface area contributed by atoms with E-state index >= 15 is 0 Å². The number of amides is 1. The number of carbonyl (C=O) groups excluding carboxylic acids is 1. The number of hydrazone groups is 1. The van der Waals surface area contributed by atoms with Gasteiger partial charge in [0.05, 0.1) is 23.2 Å². The molecule has 3 rings (SSSR count). The van der Waals surface area contributed by atoms with Crippen molar-refractivity contribution in [1.82, 2.24) is 10.3 Å². The average molecular weight is 505 g/mol. The molecule has 1 aromatic heterocycles. The molecule has 1 saturated carbocycles. The Labute approximate surface area is 218 Å². The lowest BCUT2D eigenvalue weighted by Gasteiger charge is -2.39. The minimum absolute atomic E-state index is 0.191. The number of pyridine rings is 1. The molecule has 0 spiro atoms. The molecule has 10 nitrogen and oxygen atoms in total. The second kappa shape index (κ2) is 12.7. The molecule has 0 saturated heterocycles. The van der Waals surface area contributed by atoms with Crippen molar-refractivity contribution in [3.8, 4) is 6.07 Å². The summed E-state index contributed by atoms with van der Waals surface area (Å²) in [5.74, 6) is 1.00. The third-order valence-electron chi connectivity index (χ3n) is 6.13. The highest BCUT2D eigenvalue weighted by Crippen LogP contribution is 2.32. The van der Waals surface area contributed by atoms with Crippen LogP contribution in [0.5, 0.6) is 0 Å². The summed E-state index contributed by atoms with van der Waals surface area (Å²) in [5.41, 5.74) is 4.94. The lowest BCUT2D eigenvalue weighted by molar-refractivity contribution is 0.0512. The Bertz CT molecular complexity index is 1150. The van der Waals surface area contributed by atoms with E-state index in [0.29, 0.717) is 17.8 Å². The van der Waals surface area contributed by atoms with Gasteiger partial charge in [0.2, 0.25) is 0 Å². The molecule has 1 heterocycles. The number of nitriles is 1. The monoisotopic (exact) mass is 504 g/mol. The molecular weight excluding hydrogens is 468 g/mol. The molecule has 1 fully saturated rings. The van der Waals surface area contributed by atoms with Crippen molar-refractivity contribution < 1.29 is 9.53 Å². The van der Waals surface area contributed by atoms with Crippen LogP contribution in [0.15, 0.2) is 41.6 Å². The van der Waals surface area contributed by atoms with E-state index in [2.05, 4.69) is 37.1 Å². The highest BCUT2D eigenvalue weighted by molar-refractivity contribution is 6.14. The Balaban J connectivity index is 1.75. The largest absolute Gasteiger partial charge is 0.444 e. The zero-order chi connectivity index (χ0) is 26.8. The van der Waals surface area contributed by atoms with Gasteiger partial charge >= 0.3 is 6.09 Å². The molecular formula is C27H36N8O2. The number of nitrogens with one attached hydrogen (secondary N) is 4. The summed E-state index contributed by atoms with van der Waals surface area (Å²) in [5, 5.41) is 26.9. The van der Waals surface area contributed by atoms with Gasteiger partial charge in [0.15, 0.2) is 0 Å². The number of benzene rings is 1. The van der Waals surface area contributed by atoms with Crippen molar-refractivity contribution in [2.45, 2.75) is 58.1 Å². The number of rotatable bonds is 9. The van der Waals surface area contributed by atoms with Gasteiger partial charge in [-0.25, -0.2) is 9.78 Å². The van der Waals surface area contributed by atoms with Gasteiger partial charge in [0, 0.05) is 43.8 Å². The first-order valence-electron chi connectivity index (χ1n) is 12.4. The molecule has 2 atom stereocenters. The summed E-state index contributed by atoms with van der Waals surface area (Å²) in [6, 6.07) is 11.8. The summed E-state index contributed by atoms with van der Waals surface area (Å²) < 4.78 is 5.41. The van der Waals surface area contributed by atoms with Crippen LogP contribution in [-0.2, 0) is 4.74 Å². The molecule has 2 aromatic rings. The van der Waals surface area contributed by atoms with Crippen LogP contribution in [0.3, 0.4) is 0 Å². The fourth-order valence-electron chi connectivity index (χ4n) is 4.44. The molecule has 0 aliphatic heterocycles. The fourth-order valence-corrected chi connectivity index (χ4v) is 4.44. The summed E-state index contributed by atoms with van der Waals surface area (Å²) in [7, 11) is 2.01. The van der Waals surface area contributed by atoms with Gasteiger partial charge in [-0.2, -0.15) is 10.4 Å². The summed E-state index contributed by atoms with van der Waals surface area (Å²) >= 11 is 0. The van der Waals surface area contributed by atoms with Crippen LogP contribution in [-0.4, -0.2) is 48.7 Å². The lowest BCUT2D eigenvalue weighted by atomic mass is 9.83. The predicted octanol–water partition coefficient (Wildman–Crippen LogP) is 5.26. The maximum Gasteiger partial charge on any atom is 0.407 e. The first kappa shape index (κ1) is 27.5. The van der Waals surface area contributed by atoms with E-state index in [1.54, 1.807) is 6.20 Å². The molecule has 0 radical (unpaired) electrons. The van der Waals surface area contributed by atoms with Gasteiger partial charge in [-0.3, -0.25) is 5.43 Å². The van der Waals surface area contributed by atoms with Crippen LogP contribution in [0.4, 0.5) is 27.7 Å². The van der Waals surface area contributed by atoms with Crippen LogP contribution >= 0.6 is 0 Å². The minimum atomic E-state index is -0.536. The molecule has 0 bridgehead atoms. The van der Waals surface area contributed by atoms with Crippen molar-refractivity contribution in [3.05, 3.63) is 42.1 Å². The Hall–Kier alpha value is -4.13. The Morgan fingerprint density at radius 3 is 2.78 bits per heavy atom. The average Bonchev–Trinajstić information content (AvgIpc) is 2.86. The molecule has 196 valence electrons. The second-order valence-corrected chi connectivity index (χ2v) is 10.1. The maximum atomic E-state index is 12.2. The number of nitrogens with zero attached hydrogens (tertiary/aromatic N) is 4. The van der Waals surface area contributed by atoms with E-state index in [-0.39, 0.29) is 12.0 Å². The van der Waals surface area contributed by atoms with Crippen LogP contribution in [0.25, 0.3) is 0 Å². The van der Waals surface area contributed by atoms with Crippen LogP contribution in [0, 0.1) is 22.7 Å². The van der Waals surface area contributed by atoms with Crippen LogP contribution in [0.2, 0.25) is 0 Å². The highest BCUT2D eigenvalue weighted by atomic mass is 16.6. The summed E-state index contributed by atoms with van der Waals surface area (Å²) in [4.78, 5) is 18.9. The van der Waals surface area contributed by atoms with Crippen molar-refractivity contribution >= 4 is 41.4 Å². The lowest BCUT2D eigenvalue weighted by Crippen LogP contribution is -2.46. The number of aromatic nitrogens is 1. The molecule has 4 N–H and O–H groups in total. The number of hydrogen-bond acceptors (Lipinski definition) is 9. The van der Waals surface area contributed by atoms with Crippen molar-refractivity contribution in [1.29, 1.82) is 10.7 Å². The summed E-state index contributed by atoms with van der Waals surface area (Å²) in [6.45, 7) is 6.09. The number of alkyl carbamates (subject to hydrolysis) is 1. The van der Waals surface area contributed by atoms with Gasteiger partial charge in [-0.15, -0.1) is 0 Å². The zero-order valence-corrected chi connectivity index (χ0v) is 21.9. The van der Waals surface area contributed by atoms with Crippen molar-refractivity contribution in [2.24, 2.45) is 11.0 Å². The number of carbonyl (C=O) groups is 1. The predicted molar refractivity (Wildman–Crippen MR) is 148 cm³/mol. The molecule has 0 unspecified atom stereocenters. The molecule has 1 aromatic carbocycles. The minimum Gasteiger partial charge on any atom is -0.444 e. The standard InChI is InChI=1S/C27H36N8O2/c1-27(2,3)37-26(36)31-17-19-8-5-6-11-24(19)35(4)25-15-23(20(16-29)18-30-25)33-21-9-7-10-22(14-21)34-32-13-12-28/h7,9-10,12-15,18-19,24,28,34H,5-6,8,11,17H2,1-4H3,(H,30,33)(H,31,36)/b28-12?,32-13-/t19-,24-/m1/s1. The summed E-state index contributed by atoms with van der Waals surface area (Å²) in [6.07, 6.45) is 7.85. The fraction of sp³-hybridized carbons (Fsp3) is 0.444.